The molecule has 1 aliphatic heterocycles. The van der Waals surface area contributed by atoms with Crippen molar-refractivity contribution < 1.29 is 26.7 Å². The van der Waals surface area contributed by atoms with E-state index in [9.17, 15) is 22.0 Å². The van der Waals surface area contributed by atoms with Gasteiger partial charge in [-0.15, -0.1) is 0 Å². The van der Waals surface area contributed by atoms with Crippen LogP contribution in [0.5, 0.6) is 5.75 Å². The van der Waals surface area contributed by atoms with Gasteiger partial charge in [0, 0.05) is 34.8 Å². The third-order valence-corrected chi connectivity index (χ3v) is 6.73. The molecule has 4 rings (SSSR count). The summed E-state index contributed by atoms with van der Waals surface area (Å²) in [5.41, 5.74) is 3.96. The number of alkyl halides is 3. The van der Waals surface area contributed by atoms with Crippen LogP contribution in [0.4, 0.5) is 33.5 Å². The van der Waals surface area contributed by atoms with E-state index in [1.807, 2.05) is 7.05 Å². The Morgan fingerprint density at radius 1 is 1.17 bits per heavy atom. The number of nitrogens with zero attached hydrogens (tertiary/aromatic N) is 3. The molecule has 0 unspecified atom stereocenters. The number of halogens is 5. The lowest BCUT2D eigenvalue weighted by Crippen LogP contribution is -2.34. The topological polar surface area (TPSA) is 76.3 Å². The highest BCUT2D eigenvalue weighted by Gasteiger charge is 2.36. The fourth-order valence-electron chi connectivity index (χ4n) is 4.53. The summed E-state index contributed by atoms with van der Waals surface area (Å²) in [7, 11) is 2.00. The molecule has 1 saturated heterocycles. The predicted molar refractivity (Wildman–Crippen MR) is 128 cm³/mol. The van der Waals surface area contributed by atoms with Gasteiger partial charge in [-0.25, -0.2) is 18.7 Å². The first-order valence-corrected chi connectivity index (χ1v) is 11.6. The number of nitrogens with two attached hydrogens (primary N) is 1. The minimum Gasteiger partial charge on any atom is -0.489 e. The average molecular weight is 510 g/mol. The first-order valence-electron chi connectivity index (χ1n) is 11.6. The van der Waals surface area contributed by atoms with Crippen LogP contribution in [0.3, 0.4) is 0 Å². The normalized spacial score (nSPS) is 19.6. The van der Waals surface area contributed by atoms with Gasteiger partial charge in [-0.05, 0) is 58.9 Å². The lowest BCUT2D eigenvalue weighted by Gasteiger charge is -2.23. The van der Waals surface area contributed by atoms with Gasteiger partial charge < -0.3 is 15.8 Å². The molecule has 0 saturated carbocycles. The summed E-state index contributed by atoms with van der Waals surface area (Å²) in [5.74, 6) is -1.50. The first-order chi connectivity index (χ1) is 16.8. The second-order valence-corrected chi connectivity index (χ2v) is 9.31. The predicted octanol–water partition coefficient (Wildman–Crippen LogP) is 5.85. The Kier molecular flexibility index (Phi) is 6.96. The fourth-order valence-corrected chi connectivity index (χ4v) is 4.53. The Hall–Kier alpha value is -3.21. The molecule has 1 aliphatic rings. The van der Waals surface area contributed by atoms with Gasteiger partial charge in [0.25, 0.3) is 0 Å². The number of fused-ring (bicyclic) bond motifs is 1. The van der Waals surface area contributed by atoms with Crippen molar-refractivity contribution >= 4 is 22.4 Å². The summed E-state index contributed by atoms with van der Waals surface area (Å²) in [5, 5.41) is 3.33. The number of likely N-dealkylation sites (tertiary alicyclic amines) is 1. The lowest BCUT2D eigenvalue weighted by atomic mass is 10.0. The van der Waals surface area contributed by atoms with Crippen molar-refractivity contribution in [3.05, 3.63) is 52.9 Å². The minimum absolute atomic E-state index is 0.00750. The van der Waals surface area contributed by atoms with Crippen molar-refractivity contribution in [2.45, 2.75) is 57.9 Å². The number of likely N-dealkylation sites (N-methyl/N-ethyl adjacent to an activating group) is 1. The molecule has 0 spiro atoms. The second kappa shape index (κ2) is 9.68. The van der Waals surface area contributed by atoms with Gasteiger partial charge in [0.2, 0.25) is 0 Å². The van der Waals surface area contributed by atoms with E-state index in [1.54, 1.807) is 6.92 Å². The van der Waals surface area contributed by atoms with Crippen molar-refractivity contribution in [3.8, 4) is 5.75 Å². The van der Waals surface area contributed by atoms with E-state index < -0.39 is 29.4 Å². The monoisotopic (exact) mass is 509 g/mol. The number of aromatic nitrogens is 2. The molecule has 2 aromatic carbocycles. The van der Waals surface area contributed by atoms with E-state index in [0.29, 0.717) is 29.9 Å². The molecular weight excluding hydrogens is 481 g/mol. The maximum absolute atomic E-state index is 14.8. The van der Waals surface area contributed by atoms with Crippen LogP contribution in [-0.2, 0) is 6.18 Å². The molecule has 6 nitrogen and oxygen atoms in total. The zero-order valence-corrected chi connectivity index (χ0v) is 20.4. The van der Waals surface area contributed by atoms with E-state index in [1.165, 1.54) is 19.1 Å². The van der Waals surface area contributed by atoms with Crippen molar-refractivity contribution in [3.63, 3.8) is 0 Å². The quantitative estimate of drug-likeness (QED) is 0.321. The summed E-state index contributed by atoms with van der Waals surface area (Å²) in [6.07, 6.45) is -2.94. The number of benzene rings is 2. The lowest BCUT2D eigenvalue weighted by molar-refractivity contribution is -0.140. The van der Waals surface area contributed by atoms with Crippen LogP contribution in [-0.4, -0.2) is 40.6 Å². The number of hydrogen-bond acceptors (Lipinski definition) is 6. The number of rotatable bonds is 6. The highest BCUT2D eigenvalue weighted by atomic mass is 19.4. The van der Waals surface area contributed by atoms with Gasteiger partial charge in [-0.2, -0.15) is 13.2 Å². The molecule has 3 aromatic rings. The summed E-state index contributed by atoms with van der Waals surface area (Å²) in [6.45, 7) is 5.50. The van der Waals surface area contributed by atoms with Gasteiger partial charge in [-0.1, -0.05) is 0 Å². The Bertz CT molecular complexity index is 1280. The van der Waals surface area contributed by atoms with Crippen LogP contribution in [0.15, 0.2) is 24.3 Å². The third-order valence-electron chi connectivity index (χ3n) is 6.73. The Morgan fingerprint density at radius 2 is 1.89 bits per heavy atom. The zero-order chi connectivity index (χ0) is 26.4. The van der Waals surface area contributed by atoms with Gasteiger partial charge >= 0.3 is 6.18 Å². The van der Waals surface area contributed by atoms with E-state index in [4.69, 9.17) is 10.5 Å². The van der Waals surface area contributed by atoms with Gasteiger partial charge in [-0.3, -0.25) is 4.90 Å². The Labute approximate surface area is 205 Å². The fraction of sp³-hybridized carbons (Fsp3) is 0.440. The number of ether oxygens (including phenoxy) is 1. The highest BCUT2D eigenvalue weighted by Crippen LogP contribution is 2.37. The third kappa shape index (κ3) is 5.16. The molecular formula is C25H28F5N5O. The SMILES string of the molecule is Cc1nc(N[C@H](C)c2cc(N)cc(C(F)(F)F)c2F)c2cc(OC[C@@H]3CC[C@@H](C)N3C)c(F)cc2n1. The first kappa shape index (κ1) is 25.9. The van der Waals surface area contributed by atoms with Gasteiger partial charge in [0.1, 0.15) is 24.1 Å². The molecule has 0 amide bonds. The van der Waals surface area contributed by atoms with E-state index in [2.05, 4.69) is 27.1 Å². The van der Waals surface area contributed by atoms with E-state index >= 15 is 0 Å². The van der Waals surface area contributed by atoms with Crippen molar-refractivity contribution in [1.29, 1.82) is 0 Å². The van der Waals surface area contributed by atoms with Crippen LogP contribution in [0.25, 0.3) is 10.9 Å². The molecule has 11 heteroatoms. The number of aryl methyl sites for hydroxylation is 1. The molecule has 0 radical (unpaired) electrons. The van der Waals surface area contributed by atoms with Crippen LogP contribution in [0.2, 0.25) is 0 Å². The second-order valence-electron chi connectivity index (χ2n) is 9.31. The van der Waals surface area contributed by atoms with Crippen molar-refractivity contribution in [2.24, 2.45) is 0 Å². The minimum atomic E-state index is -4.90. The zero-order valence-electron chi connectivity index (χ0n) is 20.4. The maximum atomic E-state index is 14.8. The molecule has 36 heavy (non-hydrogen) atoms. The van der Waals surface area contributed by atoms with Crippen LogP contribution in [0.1, 0.15) is 49.7 Å². The highest BCUT2D eigenvalue weighted by molar-refractivity contribution is 5.90. The number of hydrogen-bond donors (Lipinski definition) is 2. The van der Waals surface area contributed by atoms with E-state index in [0.717, 1.165) is 18.9 Å². The smallest absolute Gasteiger partial charge is 0.419 e. The summed E-state index contributed by atoms with van der Waals surface area (Å²) in [4.78, 5) is 10.8. The maximum Gasteiger partial charge on any atom is 0.419 e. The Morgan fingerprint density at radius 3 is 2.53 bits per heavy atom. The Balaban J connectivity index is 1.66. The molecule has 0 bridgehead atoms. The molecule has 0 aliphatic carbocycles. The molecule has 1 fully saturated rings. The molecule has 2 heterocycles. The number of nitrogens with one attached hydrogen (secondary N) is 1. The average Bonchev–Trinajstić information content (AvgIpc) is 3.10. The van der Waals surface area contributed by atoms with Gasteiger partial charge in [0.15, 0.2) is 11.6 Å². The van der Waals surface area contributed by atoms with Crippen molar-refractivity contribution in [1.82, 2.24) is 14.9 Å². The molecule has 3 atom stereocenters. The van der Waals surface area contributed by atoms with Crippen molar-refractivity contribution in [2.75, 3.05) is 24.7 Å². The van der Waals surface area contributed by atoms with Gasteiger partial charge in [0.05, 0.1) is 17.1 Å². The number of anilines is 2. The summed E-state index contributed by atoms with van der Waals surface area (Å²) in [6, 6.07) is 4.00. The standard InChI is InChI=1S/C25H28F5N5O/c1-12-5-6-16(35(12)4)11-36-22-9-18-21(10-20(22)26)33-14(3)34-24(18)32-13(2)17-7-15(31)8-19(23(17)27)25(28,29)30/h7-10,12-13,16H,5-6,11,31H2,1-4H3,(H,32,33,34)/t12-,13-,16+/m1/s1. The molecule has 194 valence electrons. The number of nitrogen functional groups attached to an aromatic ring is 1. The van der Waals surface area contributed by atoms with Crippen LogP contribution < -0.4 is 15.8 Å². The van der Waals surface area contributed by atoms with Crippen LogP contribution >= 0.6 is 0 Å². The molecule has 3 N–H and O–H groups in total. The molecule has 1 aromatic heterocycles. The largest absolute Gasteiger partial charge is 0.489 e. The summed E-state index contributed by atoms with van der Waals surface area (Å²) >= 11 is 0. The van der Waals surface area contributed by atoms with Crippen LogP contribution in [0, 0.1) is 18.6 Å². The summed E-state index contributed by atoms with van der Waals surface area (Å²) < 4.78 is 75.3. The van der Waals surface area contributed by atoms with E-state index in [-0.39, 0.29) is 34.4 Å².